The van der Waals surface area contributed by atoms with E-state index in [4.69, 9.17) is 4.74 Å². The fraction of sp³-hybridized carbons (Fsp3) is 0.600. The van der Waals surface area contributed by atoms with E-state index in [2.05, 4.69) is 5.18 Å². The smallest absolute Gasteiger partial charge is 0.118 e. The minimum atomic E-state index is -0.791. The Morgan fingerprint density at radius 3 is 2.42 bits per heavy atom. The predicted molar refractivity (Wildman–Crippen MR) is 74.4 cm³/mol. The van der Waals surface area contributed by atoms with E-state index in [0.29, 0.717) is 0 Å². The molecular weight excluding hydrogens is 242 g/mol. The first kappa shape index (κ1) is 14.0. The second kappa shape index (κ2) is 6.15. The molecule has 1 aliphatic rings. The van der Waals surface area contributed by atoms with Crippen LogP contribution in [0.2, 0.25) is 0 Å². The second-order valence-electron chi connectivity index (χ2n) is 5.30. The van der Waals surface area contributed by atoms with E-state index >= 15 is 0 Å². The lowest BCUT2D eigenvalue weighted by atomic mass is 9.73. The largest absolute Gasteiger partial charge is 0.497 e. The first-order chi connectivity index (χ1) is 9.19. The molecule has 19 heavy (non-hydrogen) atoms. The Balaban J connectivity index is 2.24. The highest BCUT2D eigenvalue weighted by Gasteiger charge is 2.38. The number of rotatable bonds is 5. The van der Waals surface area contributed by atoms with Crippen LogP contribution >= 0.6 is 0 Å². The molecule has 1 aromatic rings. The number of methoxy groups -OCH3 is 1. The standard InChI is InChI=1S/C15H21NO3/c1-19-13-7-5-12(6-8-13)14(11-16-18)15(17)9-3-2-4-10-15/h5-8,14,17H,2-4,9-11H2,1H3/t14-/m1/s1. The highest BCUT2D eigenvalue weighted by atomic mass is 16.5. The summed E-state index contributed by atoms with van der Waals surface area (Å²) in [6, 6.07) is 7.56. The van der Waals surface area contributed by atoms with Crippen molar-refractivity contribution >= 4 is 0 Å². The SMILES string of the molecule is COc1ccc([C@@H](CN=O)C2(O)CCCCC2)cc1. The quantitative estimate of drug-likeness (QED) is 0.830. The summed E-state index contributed by atoms with van der Waals surface area (Å²) in [5, 5.41) is 13.8. The summed E-state index contributed by atoms with van der Waals surface area (Å²) >= 11 is 0. The van der Waals surface area contributed by atoms with Crippen molar-refractivity contribution in [3.63, 3.8) is 0 Å². The Morgan fingerprint density at radius 1 is 1.26 bits per heavy atom. The number of hydrogen-bond donors (Lipinski definition) is 1. The molecule has 0 radical (unpaired) electrons. The normalized spacial score (nSPS) is 19.7. The van der Waals surface area contributed by atoms with Crippen LogP contribution in [-0.2, 0) is 0 Å². The molecule has 104 valence electrons. The molecule has 0 amide bonds. The van der Waals surface area contributed by atoms with Gasteiger partial charge >= 0.3 is 0 Å². The van der Waals surface area contributed by atoms with Crippen molar-refractivity contribution in [2.75, 3.05) is 13.7 Å². The highest BCUT2D eigenvalue weighted by molar-refractivity contribution is 5.31. The summed E-state index contributed by atoms with van der Waals surface area (Å²) in [7, 11) is 1.62. The number of aliphatic hydroxyl groups is 1. The zero-order valence-electron chi connectivity index (χ0n) is 11.3. The molecule has 0 saturated heterocycles. The van der Waals surface area contributed by atoms with Crippen molar-refractivity contribution in [3.8, 4) is 5.75 Å². The van der Waals surface area contributed by atoms with Gasteiger partial charge in [0, 0.05) is 5.92 Å². The highest BCUT2D eigenvalue weighted by Crippen LogP contribution is 2.40. The molecule has 1 atom stereocenters. The fourth-order valence-electron chi connectivity index (χ4n) is 3.01. The van der Waals surface area contributed by atoms with Gasteiger partial charge in [-0.3, -0.25) is 0 Å². The molecule has 1 saturated carbocycles. The van der Waals surface area contributed by atoms with Gasteiger partial charge in [0.2, 0.25) is 0 Å². The maximum atomic E-state index is 10.8. The van der Waals surface area contributed by atoms with E-state index in [9.17, 15) is 10.0 Å². The van der Waals surface area contributed by atoms with E-state index in [1.165, 1.54) is 0 Å². The Morgan fingerprint density at radius 2 is 1.89 bits per heavy atom. The van der Waals surface area contributed by atoms with Gasteiger partial charge in [-0.05, 0) is 30.5 Å². The molecule has 0 unspecified atom stereocenters. The van der Waals surface area contributed by atoms with Crippen LogP contribution in [0.25, 0.3) is 0 Å². The molecule has 1 aliphatic carbocycles. The second-order valence-corrected chi connectivity index (χ2v) is 5.30. The van der Waals surface area contributed by atoms with E-state index < -0.39 is 5.60 Å². The van der Waals surface area contributed by atoms with Gasteiger partial charge in [-0.2, -0.15) is 4.91 Å². The lowest BCUT2D eigenvalue weighted by molar-refractivity contribution is -0.0193. The summed E-state index contributed by atoms with van der Waals surface area (Å²) < 4.78 is 5.13. The summed E-state index contributed by atoms with van der Waals surface area (Å²) in [5.41, 5.74) is 0.172. The summed E-state index contributed by atoms with van der Waals surface area (Å²) in [5.74, 6) is 0.563. The van der Waals surface area contributed by atoms with Gasteiger partial charge in [-0.15, -0.1) is 0 Å². The van der Waals surface area contributed by atoms with Gasteiger partial charge in [0.05, 0.1) is 19.3 Å². The van der Waals surface area contributed by atoms with E-state index in [1.54, 1.807) is 7.11 Å². The third-order valence-corrected chi connectivity index (χ3v) is 4.14. The molecule has 0 bridgehead atoms. The molecule has 0 aromatic heterocycles. The Labute approximate surface area is 113 Å². The maximum Gasteiger partial charge on any atom is 0.118 e. The fourth-order valence-corrected chi connectivity index (χ4v) is 3.01. The molecule has 0 spiro atoms. The molecule has 1 fully saturated rings. The molecule has 4 nitrogen and oxygen atoms in total. The first-order valence-electron chi connectivity index (χ1n) is 6.85. The molecule has 2 rings (SSSR count). The Bertz CT molecular complexity index is 410. The average Bonchev–Trinajstić information content (AvgIpc) is 2.45. The summed E-state index contributed by atoms with van der Waals surface area (Å²) in [6.45, 7) is 0.128. The van der Waals surface area contributed by atoms with Crippen molar-refractivity contribution in [2.45, 2.75) is 43.6 Å². The molecule has 0 aliphatic heterocycles. The van der Waals surface area contributed by atoms with Crippen LogP contribution in [0.3, 0.4) is 0 Å². The molecule has 4 heteroatoms. The van der Waals surface area contributed by atoms with Gasteiger partial charge in [-0.25, -0.2) is 0 Å². The molecular formula is C15H21NO3. The van der Waals surface area contributed by atoms with Crippen molar-refractivity contribution < 1.29 is 9.84 Å². The lowest BCUT2D eigenvalue weighted by Crippen LogP contribution is -2.39. The van der Waals surface area contributed by atoms with Crippen LogP contribution in [0.15, 0.2) is 29.4 Å². The number of nitrogens with zero attached hydrogens (tertiary/aromatic N) is 1. The van der Waals surface area contributed by atoms with Crippen LogP contribution in [0, 0.1) is 4.91 Å². The van der Waals surface area contributed by atoms with Crippen molar-refractivity contribution in [1.29, 1.82) is 0 Å². The maximum absolute atomic E-state index is 10.8. The van der Waals surface area contributed by atoms with Crippen LogP contribution in [0.5, 0.6) is 5.75 Å². The van der Waals surface area contributed by atoms with Crippen LogP contribution in [0.4, 0.5) is 0 Å². The molecule has 0 heterocycles. The monoisotopic (exact) mass is 263 g/mol. The summed E-state index contributed by atoms with van der Waals surface area (Å²) in [6.07, 6.45) is 4.69. The van der Waals surface area contributed by atoms with Gasteiger partial charge in [0.15, 0.2) is 0 Å². The van der Waals surface area contributed by atoms with Crippen molar-refractivity contribution in [3.05, 3.63) is 34.7 Å². The topological polar surface area (TPSA) is 58.9 Å². The minimum Gasteiger partial charge on any atom is -0.497 e. The minimum absolute atomic E-state index is 0.128. The van der Waals surface area contributed by atoms with Crippen LogP contribution in [0.1, 0.15) is 43.6 Å². The van der Waals surface area contributed by atoms with Crippen molar-refractivity contribution in [2.24, 2.45) is 5.18 Å². The summed E-state index contributed by atoms with van der Waals surface area (Å²) in [4.78, 5) is 10.7. The molecule has 1 N–H and O–H groups in total. The Hall–Kier alpha value is -1.42. The Kier molecular flexibility index (Phi) is 4.53. The van der Waals surface area contributed by atoms with Gasteiger partial charge < -0.3 is 9.84 Å². The molecule has 1 aromatic carbocycles. The lowest BCUT2D eigenvalue weighted by Gasteiger charge is -2.38. The zero-order chi connectivity index (χ0) is 13.7. The number of hydrogen-bond acceptors (Lipinski definition) is 4. The number of ether oxygens (including phenoxy) is 1. The van der Waals surface area contributed by atoms with E-state index in [1.807, 2.05) is 24.3 Å². The third-order valence-electron chi connectivity index (χ3n) is 4.14. The number of benzene rings is 1. The first-order valence-corrected chi connectivity index (χ1v) is 6.85. The zero-order valence-corrected chi connectivity index (χ0v) is 11.3. The average molecular weight is 263 g/mol. The van der Waals surface area contributed by atoms with E-state index in [-0.39, 0.29) is 12.5 Å². The van der Waals surface area contributed by atoms with Crippen molar-refractivity contribution in [1.82, 2.24) is 0 Å². The van der Waals surface area contributed by atoms with Crippen LogP contribution < -0.4 is 4.74 Å². The predicted octanol–water partition coefficient (Wildman–Crippen LogP) is 3.24. The van der Waals surface area contributed by atoms with Crippen LogP contribution in [-0.4, -0.2) is 24.4 Å². The van der Waals surface area contributed by atoms with Gasteiger partial charge in [0.25, 0.3) is 0 Å². The van der Waals surface area contributed by atoms with E-state index in [0.717, 1.165) is 43.4 Å². The third kappa shape index (κ3) is 3.13. The number of nitroso groups, excluding NO2 is 1. The van der Waals surface area contributed by atoms with Gasteiger partial charge in [0.1, 0.15) is 5.75 Å². The van der Waals surface area contributed by atoms with Gasteiger partial charge in [-0.1, -0.05) is 36.6 Å².